The number of hydrazone groups is 1. The molecule has 1 saturated carbocycles. The van der Waals surface area contributed by atoms with Crippen molar-refractivity contribution in [3.05, 3.63) is 40.2 Å². The van der Waals surface area contributed by atoms with Crippen molar-refractivity contribution in [1.29, 1.82) is 0 Å². The summed E-state index contributed by atoms with van der Waals surface area (Å²) in [6.45, 7) is 0. The smallest absolute Gasteiger partial charge is 0.267 e. The van der Waals surface area contributed by atoms with E-state index in [9.17, 15) is 14.9 Å². The molecule has 1 heterocycles. The van der Waals surface area contributed by atoms with Crippen LogP contribution in [0, 0.1) is 10.1 Å². The molecule has 1 fully saturated rings. The summed E-state index contributed by atoms with van der Waals surface area (Å²) in [6, 6.07) is 2.34. The molecule has 7 heteroatoms. The van der Waals surface area contributed by atoms with E-state index in [0.29, 0.717) is 24.1 Å². The number of aromatic nitrogens is 1. The molecule has 7 nitrogen and oxygen atoms in total. The van der Waals surface area contributed by atoms with Gasteiger partial charge in [-0.2, -0.15) is 5.10 Å². The van der Waals surface area contributed by atoms with Crippen LogP contribution in [0.5, 0.6) is 0 Å². The van der Waals surface area contributed by atoms with Gasteiger partial charge in [-0.15, -0.1) is 0 Å². The van der Waals surface area contributed by atoms with Gasteiger partial charge >= 0.3 is 0 Å². The topological polar surface area (TPSA) is 97.5 Å². The first-order chi connectivity index (χ1) is 9.18. The fourth-order valence-corrected chi connectivity index (χ4v) is 2.02. The van der Waals surface area contributed by atoms with Crippen LogP contribution in [0.4, 0.5) is 0 Å². The van der Waals surface area contributed by atoms with Crippen LogP contribution in [0.3, 0.4) is 0 Å². The molecular weight excluding hydrogens is 248 g/mol. The maximum absolute atomic E-state index is 11.7. The molecule has 0 unspecified atom stereocenters. The Balaban J connectivity index is 2.04. The Morgan fingerprint density at radius 2 is 2.16 bits per heavy atom. The first kappa shape index (κ1) is 13.1. The van der Waals surface area contributed by atoms with Crippen molar-refractivity contribution in [3.8, 4) is 0 Å². The van der Waals surface area contributed by atoms with E-state index in [1.54, 1.807) is 12.1 Å². The number of hydrogen-bond donors (Lipinski definition) is 1. The summed E-state index contributed by atoms with van der Waals surface area (Å²) in [4.78, 5) is 26.1. The van der Waals surface area contributed by atoms with Crippen LogP contribution in [-0.4, -0.2) is 27.6 Å². The molecule has 1 aromatic heterocycles. The first-order valence-electron chi connectivity index (χ1n) is 6.09. The molecule has 1 N–H and O–H groups in total. The van der Waals surface area contributed by atoms with Crippen LogP contribution in [0.15, 0.2) is 29.6 Å². The number of nitro groups is 1. The van der Waals surface area contributed by atoms with E-state index >= 15 is 0 Å². The van der Waals surface area contributed by atoms with Crippen LogP contribution in [0.2, 0.25) is 0 Å². The van der Waals surface area contributed by atoms with Crippen molar-refractivity contribution in [2.75, 3.05) is 0 Å². The third-order valence-electron chi connectivity index (χ3n) is 3.04. The van der Waals surface area contributed by atoms with Gasteiger partial charge in [-0.05, 0) is 31.4 Å². The van der Waals surface area contributed by atoms with Gasteiger partial charge < -0.3 is 0 Å². The second-order valence-electron chi connectivity index (χ2n) is 4.33. The molecule has 0 radical (unpaired) electrons. The number of hydrogen-bond acceptors (Lipinski definition) is 5. The van der Waals surface area contributed by atoms with E-state index in [0.717, 1.165) is 12.8 Å². The van der Waals surface area contributed by atoms with Gasteiger partial charge in [0, 0.05) is 29.3 Å². The predicted molar refractivity (Wildman–Crippen MR) is 68.4 cm³/mol. The molecule has 1 atom stereocenters. The Hall–Kier alpha value is -2.31. The van der Waals surface area contributed by atoms with Gasteiger partial charge in [0.15, 0.2) is 0 Å². The zero-order chi connectivity index (χ0) is 13.7. The molecule has 0 aliphatic heterocycles. The first-order valence-corrected chi connectivity index (χ1v) is 6.09. The number of carbonyl (C=O) groups is 1. The molecule has 0 aromatic carbocycles. The van der Waals surface area contributed by atoms with Gasteiger partial charge in [-0.1, -0.05) is 0 Å². The monoisotopic (exact) mass is 262 g/mol. The minimum atomic E-state index is -0.772. The van der Waals surface area contributed by atoms with Crippen molar-refractivity contribution < 1.29 is 9.72 Å². The standard InChI is InChI=1S/C12H14N4O3/c17-12(9-5-7-13-8-6-9)15-14-10-3-1-2-4-11(10)16(18)19/h5-8,11H,1-4H2,(H,15,17)/b14-10-/t11-/m1/s1. The van der Waals surface area contributed by atoms with E-state index in [1.807, 2.05) is 0 Å². The molecule has 0 saturated heterocycles. The lowest BCUT2D eigenvalue weighted by Crippen LogP contribution is -2.34. The summed E-state index contributed by atoms with van der Waals surface area (Å²) >= 11 is 0. The summed E-state index contributed by atoms with van der Waals surface area (Å²) in [5.74, 6) is -0.387. The second-order valence-corrected chi connectivity index (χ2v) is 4.33. The summed E-state index contributed by atoms with van der Waals surface area (Å²) in [5.41, 5.74) is 3.24. The Morgan fingerprint density at radius 3 is 2.84 bits per heavy atom. The van der Waals surface area contributed by atoms with Crippen molar-refractivity contribution in [1.82, 2.24) is 10.4 Å². The van der Waals surface area contributed by atoms with Crippen molar-refractivity contribution >= 4 is 11.6 Å². The van der Waals surface area contributed by atoms with Gasteiger partial charge in [0.2, 0.25) is 0 Å². The largest absolute Gasteiger partial charge is 0.271 e. The van der Waals surface area contributed by atoms with Gasteiger partial charge in [-0.3, -0.25) is 19.9 Å². The van der Waals surface area contributed by atoms with Crippen LogP contribution >= 0.6 is 0 Å². The molecular formula is C12H14N4O3. The van der Waals surface area contributed by atoms with E-state index in [2.05, 4.69) is 15.5 Å². The quantitative estimate of drug-likeness (QED) is 0.657. The van der Waals surface area contributed by atoms with E-state index in [4.69, 9.17) is 0 Å². The highest BCUT2D eigenvalue weighted by Crippen LogP contribution is 2.17. The fourth-order valence-electron chi connectivity index (χ4n) is 2.02. The van der Waals surface area contributed by atoms with Gasteiger partial charge in [0.05, 0.1) is 0 Å². The molecule has 0 spiro atoms. The van der Waals surface area contributed by atoms with E-state index in [1.165, 1.54) is 12.4 Å². The lowest BCUT2D eigenvalue weighted by Gasteiger charge is -2.17. The van der Waals surface area contributed by atoms with E-state index < -0.39 is 6.04 Å². The average Bonchev–Trinajstić information content (AvgIpc) is 2.46. The van der Waals surface area contributed by atoms with Crippen molar-refractivity contribution in [2.24, 2.45) is 5.10 Å². The van der Waals surface area contributed by atoms with Crippen LogP contribution in [-0.2, 0) is 0 Å². The van der Waals surface area contributed by atoms with Crippen LogP contribution < -0.4 is 5.43 Å². The average molecular weight is 262 g/mol. The Bertz CT molecular complexity index is 501. The number of pyridine rings is 1. The number of carbonyl (C=O) groups excluding carboxylic acids is 1. The lowest BCUT2D eigenvalue weighted by molar-refractivity contribution is -0.504. The molecule has 1 aliphatic carbocycles. The Labute approximate surface area is 109 Å². The maximum atomic E-state index is 11.7. The zero-order valence-corrected chi connectivity index (χ0v) is 10.3. The summed E-state index contributed by atoms with van der Waals surface area (Å²) in [6.07, 6.45) is 5.74. The highest BCUT2D eigenvalue weighted by atomic mass is 16.6. The van der Waals surface area contributed by atoms with Crippen molar-refractivity contribution in [3.63, 3.8) is 0 Å². The molecule has 1 amide bonds. The third-order valence-corrected chi connectivity index (χ3v) is 3.04. The van der Waals surface area contributed by atoms with Gasteiger partial charge in [-0.25, -0.2) is 5.43 Å². The second kappa shape index (κ2) is 6.03. The lowest BCUT2D eigenvalue weighted by atomic mass is 9.94. The minimum absolute atomic E-state index is 0.337. The number of amides is 1. The summed E-state index contributed by atoms with van der Waals surface area (Å²) in [7, 11) is 0. The SMILES string of the molecule is O=C(N/N=C1/CCCC[C@H]1[N+](=O)[O-])c1ccncc1. The molecule has 2 rings (SSSR count). The molecule has 0 bridgehead atoms. The highest BCUT2D eigenvalue weighted by Gasteiger charge is 2.30. The molecule has 1 aliphatic rings. The highest BCUT2D eigenvalue weighted by molar-refractivity contribution is 5.96. The summed E-state index contributed by atoms with van der Waals surface area (Å²) < 4.78 is 0. The molecule has 19 heavy (non-hydrogen) atoms. The van der Waals surface area contributed by atoms with Gasteiger partial charge in [0.25, 0.3) is 11.9 Å². The van der Waals surface area contributed by atoms with E-state index in [-0.39, 0.29) is 10.8 Å². The normalized spacial score (nSPS) is 21.1. The third kappa shape index (κ3) is 3.34. The maximum Gasteiger partial charge on any atom is 0.271 e. The molecule has 100 valence electrons. The molecule has 1 aromatic rings. The van der Waals surface area contributed by atoms with Crippen LogP contribution in [0.1, 0.15) is 36.0 Å². The summed E-state index contributed by atoms with van der Waals surface area (Å²) in [5, 5.41) is 14.8. The van der Waals surface area contributed by atoms with Crippen LogP contribution in [0.25, 0.3) is 0 Å². The number of nitrogens with one attached hydrogen (secondary N) is 1. The fraction of sp³-hybridized carbons (Fsp3) is 0.417. The predicted octanol–water partition coefficient (Wildman–Crippen LogP) is 1.39. The number of nitrogens with zero attached hydrogens (tertiary/aromatic N) is 3. The number of rotatable bonds is 3. The Kier molecular flexibility index (Phi) is 4.17. The zero-order valence-electron chi connectivity index (χ0n) is 10.3. The van der Waals surface area contributed by atoms with Gasteiger partial charge in [0.1, 0.15) is 5.71 Å². The Morgan fingerprint density at radius 1 is 1.42 bits per heavy atom. The van der Waals surface area contributed by atoms with Crippen molar-refractivity contribution in [2.45, 2.75) is 31.7 Å². The minimum Gasteiger partial charge on any atom is -0.267 e.